The number of nitrogens with one attached hydrogen (secondary N) is 1. The van der Waals surface area contributed by atoms with E-state index in [2.05, 4.69) is 22.0 Å². The molecule has 11 nitrogen and oxygen atoms in total. The van der Waals surface area contributed by atoms with Crippen LogP contribution in [0.1, 0.15) is 31.7 Å². The Morgan fingerprint density at radius 2 is 2.00 bits per heavy atom. The summed E-state index contributed by atoms with van der Waals surface area (Å²) in [4.78, 5) is 14.3. The van der Waals surface area contributed by atoms with Crippen LogP contribution in [0.5, 0.6) is 0 Å². The Morgan fingerprint density at radius 3 is 2.70 bits per heavy atom. The Hall–Kier alpha value is -2.80. The molecule has 3 N–H and O–H groups in total. The van der Waals surface area contributed by atoms with Crippen LogP contribution in [-0.4, -0.2) is 85.4 Å². The first-order valence-electron chi connectivity index (χ1n) is 12.9. The topological polar surface area (TPSA) is 134 Å². The first-order valence-corrected chi connectivity index (χ1v) is 14.3. The first kappa shape index (κ1) is 24.5. The lowest BCUT2D eigenvalue weighted by molar-refractivity contribution is 0.0974. The van der Waals surface area contributed by atoms with Gasteiger partial charge in [0.15, 0.2) is 17.0 Å². The summed E-state index contributed by atoms with van der Waals surface area (Å²) in [5.41, 5.74) is 9.48. The second-order valence-electron chi connectivity index (χ2n) is 10.7. The summed E-state index contributed by atoms with van der Waals surface area (Å²) in [5.74, 6) is 1.48. The number of sulfonamides is 1. The van der Waals surface area contributed by atoms with Gasteiger partial charge in [-0.1, -0.05) is 6.07 Å². The molecule has 1 spiro atoms. The third-order valence-electron chi connectivity index (χ3n) is 8.39. The number of aromatic nitrogens is 4. The molecule has 3 aromatic rings. The molecule has 1 aromatic carbocycles. The van der Waals surface area contributed by atoms with Crippen LogP contribution < -0.4 is 15.5 Å². The van der Waals surface area contributed by atoms with E-state index >= 15 is 0 Å². The molecule has 3 aliphatic heterocycles. The van der Waals surface area contributed by atoms with Gasteiger partial charge in [0.25, 0.3) is 0 Å². The van der Waals surface area contributed by atoms with E-state index in [1.54, 1.807) is 26.2 Å². The highest BCUT2D eigenvalue weighted by Gasteiger charge is 2.47. The number of hydrogen-bond acceptors (Lipinski definition) is 9. The van der Waals surface area contributed by atoms with Crippen LogP contribution in [0.15, 0.2) is 29.3 Å². The molecule has 198 valence electrons. The molecule has 3 aliphatic rings. The number of nitrogens with zero attached hydrogens (tertiary/aromatic N) is 6. The quantitative estimate of drug-likeness (QED) is 0.524. The van der Waals surface area contributed by atoms with Gasteiger partial charge >= 0.3 is 0 Å². The number of ether oxygens (including phenoxy) is 1. The zero-order valence-electron chi connectivity index (χ0n) is 21.5. The largest absolute Gasteiger partial charge is 0.376 e. The average molecular weight is 527 g/mol. The number of nitrogens with two attached hydrogens (primary N) is 1. The lowest BCUT2D eigenvalue weighted by Crippen LogP contribution is -2.50. The van der Waals surface area contributed by atoms with E-state index < -0.39 is 10.0 Å². The number of benzene rings is 1. The predicted octanol–water partition coefficient (Wildman–Crippen LogP) is 2.02. The standard InChI is InChI=1S/C25H34N8O3S/c1-16-22(26)25(15-36-16)9-12-32(13-10-25)20-14-27-21-23(28-20)29-30-24(21)33-11-5-6-17-18(33)7-4-8-19(17)37(34,35)31(2)3/h4,7-8,14,16,22H,5-6,9-13,15,26H2,1-3H3,(H,28,29,30)/t16-,22+/m0/s1. The molecule has 2 aromatic heterocycles. The van der Waals surface area contributed by atoms with Gasteiger partial charge in [0.05, 0.1) is 23.8 Å². The predicted molar refractivity (Wildman–Crippen MR) is 142 cm³/mol. The van der Waals surface area contributed by atoms with E-state index in [4.69, 9.17) is 20.4 Å². The van der Waals surface area contributed by atoms with Crippen molar-refractivity contribution in [1.29, 1.82) is 0 Å². The minimum Gasteiger partial charge on any atom is -0.376 e. The van der Waals surface area contributed by atoms with Gasteiger partial charge < -0.3 is 20.3 Å². The van der Waals surface area contributed by atoms with Gasteiger partial charge in [-0.3, -0.25) is 5.10 Å². The fraction of sp³-hybridized carbons (Fsp3) is 0.560. The zero-order chi connectivity index (χ0) is 25.9. The van der Waals surface area contributed by atoms with Crippen LogP contribution in [0, 0.1) is 5.41 Å². The number of H-pyrrole nitrogens is 1. The molecular weight excluding hydrogens is 492 g/mol. The maximum absolute atomic E-state index is 13.0. The smallest absolute Gasteiger partial charge is 0.242 e. The molecule has 0 bridgehead atoms. The summed E-state index contributed by atoms with van der Waals surface area (Å²) < 4.78 is 33.0. The highest BCUT2D eigenvalue weighted by Crippen LogP contribution is 2.42. The normalized spacial score (nSPS) is 23.8. The highest BCUT2D eigenvalue weighted by atomic mass is 32.2. The maximum atomic E-state index is 13.0. The molecule has 2 saturated heterocycles. The first-order chi connectivity index (χ1) is 17.7. The number of aromatic amines is 1. The van der Waals surface area contributed by atoms with Crippen molar-refractivity contribution in [2.24, 2.45) is 11.1 Å². The minimum atomic E-state index is -3.56. The van der Waals surface area contributed by atoms with Gasteiger partial charge in [-0.05, 0) is 50.3 Å². The second kappa shape index (κ2) is 8.90. The number of fused-ring (bicyclic) bond motifs is 2. The SMILES string of the molecule is C[C@@H]1OCC2(CCN(c3cnc4c(N5CCCc6c5cccc6S(=O)(=O)N(C)C)n[nH]c4n3)CC2)[C@@H]1N. The molecule has 0 aliphatic carbocycles. The molecule has 5 heterocycles. The Kier molecular flexibility index (Phi) is 5.90. The van der Waals surface area contributed by atoms with E-state index in [0.717, 1.165) is 62.6 Å². The third-order valence-corrected chi connectivity index (χ3v) is 10.3. The van der Waals surface area contributed by atoms with Gasteiger partial charge in [0.2, 0.25) is 10.0 Å². The second-order valence-corrected chi connectivity index (χ2v) is 12.8. The average Bonchev–Trinajstić information content (AvgIpc) is 3.44. The van der Waals surface area contributed by atoms with E-state index in [9.17, 15) is 8.42 Å². The van der Waals surface area contributed by atoms with Gasteiger partial charge in [-0.2, -0.15) is 5.10 Å². The molecule has 2 atom stereocenters. The van der Waals surface area contributed by atoms with Crippen LogP contribution in [0.3, 0.4) is 0 Å². The number of hydrogen-bond donors (Lipinski definition) is 2. The Balaban J connectivity index is 1.28. The van der Waals surface area contributed by atoms with E-state index in [1.807, 2.05) is 17.2 Å². The zero-order valence-corrected chi connectivity index (χ0v) is 22.3. The maximum Gasteiger partial charge on any atom is 0.242 e. The van der Waals surface area contributed by atoms with Crippen molar-refractivity contribution in [3.05, 3.63) is 30.0 Å². The highest BCUT2D eigenvalue weighted by molar-refractivity contribution is 7.89. The Bertz CT molecular complexity index is 1430. The van der Waals surface area contributed by atoms with Crippen LogP contribution in [0.4, 0.5) is 17.3 Å². The van der Waals surface area contributed by atoms with Gasteiger partial charge in [-0.25, -0.2) is 22.7 Å². The third kappa shape index (κ3) is 3.89. The fourth-order valence-corrected chi connectivity index (χ4v) is 7.19. The molecular formula is C25H34N8O3S. The van der Waals surface area contributed by atoms with Crippen LogP contribution in [-0.2, 0) is 21.2 Å². The summed E-state index contributed by atoms with van der Waals surface area (Å²) in [7, 11) is -0.441. The Labute approximate surface area is 217 Å². The monoisotopic (exact) mass is 526 g/mol. The molecule has 0 radical (unpaired) electrons. The summed E-state index contributed by atoms with van der Waals surface area (Å²) in [6.45, 7) is 5.22. The van der Waals surface area contributed by atoms with E-state index in [1.165, 1.54) is 4.31 Å². The summed E-state index contributed by atoms with van der Waals surface area (Å²) in [6.07, 6.45) is 5.35. The van der Waals surface area contributed by atoms with Crippen molar-refractivity contribution in [3.8, 4) is 0 Å². The molecule has 12 heteroatoms. The van der Waals surface area contributed by atoms with Crippen molar-refractivity contribution in [2.75, 3.05) is 50.1 Å². The number of rotatable bonds is 4. The van der Waals surface area contributed by atoms with Crippen LogP contribution in [0.2, 0.25) is 0 Å². The van der Waals surface area contributed by atoms with Crippen molar-refractivity contribution in [3.63, 3.8) is 0 Å². The lowest BCUT2D eigenvalue weighted by Gasteiger charge is -2.41. The van der Waals surface area contributed by atoms with E-state index in [-0.39, 0.29) is 17.6 Å². The van der Waals surface area contributed by atoms with Gasteiger partial charge in [0.1, 0.15) is 5.82 Å². The summed E-state index contributed by atoms with van der Waals surface area (Å²) in [6, 6.07) is 5.49. The fourth-order valence-electron chi connectivity index (χ4n) is 6.03. The van der Waals surface area contributed by atoms with Crippen molar-refractivity contribution in [1.82, 2.24) is 24.5 Å². The molecule has 2 fully saturated rings. The van der Waals surface area contributed by atoms with Crippen molar-refractivity contribution >= 4 is 38.5 Å². The van der Waals surface area contributed by atoms with Crippen LogP contribution >= 0.6 is 0 Å². The molecule has 37 heavy (non-hydrogen) atoms. The summed E-state index contributed by atoms with van der Waals surface area (Å²) in [5, 5.41) is 7.63. The van der Waals surface area contributed by atoms with E-state index in [0.29, 0.717) is 28.3 Å². The summed E-state index contributed by atoms with van der Waals surface area (Å²) >= 11 is 0. The van der Waals surface area contributed by atoms with Crippen molar-refractivity contribution < 1.29 is 13.2 Å². The Morgan fingerprint density at radius 1 is 1.22 bits per heavy atom. The minimum absolute atomic E-state index is 0.0508. The molecule has 0 saturated carbocycles. The van der Waals surface area contributed by atoms with Crippen molar-refractivity contribution in [2.45, 2.75) is 49.6 Å². The number of piperidine rings is 1. The van der Waals surface area contributed by atoms with Gasteiger partial charge in [0, 0.05) is 50.9 Å². The molecule has 0 unspecified atom stereocenters. The lowest BCUT2D eigenvalue weighted by atomic mass is 9.73. The number of anilines is 3. The molecule has 6 rings (SSSR count). The van der Waals surface area contributed by atoms with Gasteiger partial charge in [-0.15, -0.1) is 0 Å². The molecule has 0 amide bonds. The van der Waals surface area contributed by atoms with Crippen LogP contribution in [0.25, 0.3) is 11.2 Å².